The molecule has 0 spiro atoms. The van der Waals surface area contributed by atoms with E-state index in [1.165, 1.54) is 6.07 Å². The van der Waals surface area contributed by atoms with Crippen LogP contribution in [0.25, 0.3) is 0 Å². The first-order valence-electron chi connectivity index (χ1n) is 8.99. The first kappa shape index (κ1) is 18.4. The van der Waals surface area contributed by atoms with Crippen LogP contribution in [-0.2, 0) is 11.2 Å². The van der Waals surface area contributed by atoms with Crippen molar-refractivity contribution in [2.45, 2.75) is 19.4 Å². The van der Waals surface area contributed by atoms with Crippen molar-refractivity contribution in [3.63, 3.8) is 0 Å². The maximum absolute atomic E-state index is 13.9. The normalized spacial score (nSPS) is 18.4. The number of nitrogens with zero attached hydrogens (tertiary/aromatic N) is 1. The highest BCUT2D eigenvalue weighted by Crippen LogP contribution is 2.31. The number of carbonyl (C=O) groups excluding carboxylic acids is 1. The van der Waals surface area contributed by atoms with E-state index in [4.69, 9.17) is 4.74 Å². The summed E-state index contributed by atoms with van der Waals surface area (Å²) in [5.74, 6) is 0.280. The molecule has 4 nitrogen and oxygen atoms in total. The number of carbonyl (C=O) groups is 1. The number of hydrogen-bond donors (Lipinski definition) is 1. The maximum Gasteiger partial charge on any atom is 0.226 e. The topological polar surface area (TPSA) is 41.6 Å². The lowest BCUT2D eigenvalue weighted by atomic mass is 9.96. The minimum Gasteiger partial charge on any atom is -0.496 e. The number of para-hydroxylation sites is 1. The SMILES string of the molecule is COc1ccccc1C1CNCCN1C(=O)C(C)Cc1ccccc1F. The summed E-state index contributed by atoms with van der Waals surface area (Å²) in [6, 6.07) is 14.4. The van der Waals surface area contributed by atoms with Gasteiger partial charge in [0, 0.05) is 31.1 Å². The Bertz CT molecular complexity index is 765. The summed E-state index contributed by atoms with van der Waals surface area (Å²) in [7, 11) is 1.64. The summed E-state index contributed by atoms with van der Waals surface area (Å²) >= 11 is 0. The van der Waals surface area contributed by atoms with Gasteiger partial charge in [-0.15, -0.1) is 0 Å². The third-order valence-corrected chi connectivity index (χ3v) is 4.93. The molecule has 0 bridgehead atoms. The van der Waals surface area contributed by atoms with Crippen molar-refractivity contribution in [1.82, 2.24) is 10.2 Å². The fourth-order valence-electron chi connectivity index (χ4n) is 3.55. The van der Waals surface area contributed by atoms with E-state index in [0.717, 1.165) is 17.9 Å². The number of benzene rings is 2. The molecule has 2 unspecified atom stereocenters. The van der Waals surface area contributed by atoms with Crippen LogP contribution in [0.15, 0.2) is 48.5 Å². The van der Waals surface area contributed by atoms with E-state index in [-0.39, 0.29) is 23.7 Å². The molecule has 0 aromatic heterocycles. The molecule has 1 aliphatic rings. The molecule has 1 saturated heterocycles. The van der Waals surface area contributed by atoms with Crippen molar-refractivity contribution in [2.75, 3.05) is 26.7 Å². The summed E-state index contributed by atoms with van der Waals surface area (Å²) in [4.78, 5) is 15.0. The number of amides is 1. The minimum absolute atomic E-state index is 0.0469. The molecule has 1 N–H and O–H groups in total. The zero-order valence-electron chi connectivity index (χ0n) is 15.2. The predicted molar refractivity (Wildman–Crippen MR) is 99.6 cm³/mol. The summed E-state index contributed by atoms with van der Waals surface area (Å²) in [5, 5.41) is 3.36. The number of methoxy groups -OCH3 is 1. The lowest BCUT2D eigenvalue weighted by molar-refractivity contribution is -0.138. The molecule has 1 fully saturated rings. The number of piperazine rings is 1. The van der Waals surface area contributed by atoms with Gasteiger partial charge in [0.25, 0.3) is 0 Å². The van der Waals surface area contributed by atoms with Gasteiger partial charge in [0.1, 0.15) is 11.6 Å². The van der Waals surface area contributed by atoms with Gasteiger partial charge in [0.15, 0.2) is 0 Å². The molecule has 3 rings (SSSR count). The second-order valence-corrected chi connectivity index (χ2v) is 6.69. The molecule has 26 heavy (non-hydrogen) atoms. The van der Waals surface area contributed by atoms with E-state index in [2.05, 4.69) is 5.32 Å². The first-order valence-corrected chi connectivity index (χ1v) is 8.99. The molecule has 1 amide bonds. The van der Waals surface area contributed by atoms with Gasteiger partial charge in [-0.3, -0.25) is 4.79 Å². The summed E-state index contributed by atoms with van der Waals surface area (Å²) in [5.41, 5.74) is 1.57. The molecule has 0 aliphatic carbocycles. The van der Waals surface area contributed by atoms with Crippen molar-refractivity contribution < 1.29 is 13.9 Å². The predicted octanol–water partition coefficient (Wildman–Crippen LogP) is 3.19. The Labute approximate surface area is 154 Å². The van der Waals surface area contributed by atoms with E-state index in [1.807, 2.05) is 36.1 Å². The zero-order chi connectivity index (χ0) is 18.5. The fourth-order valence-corrected chi connectivity index (χ4v) is 3.55. The highest BCUT2D eigenvalue weighted by Gasteiger charge is 2.32. The molecular formula is C21H25FN2O2. The van der Waals surface area contributed by atoms with Crippen LogP contribution in [0.5, 0.6) is 5.75 Å². The van der Waals surface area contributed by atoms with E-state index in [0.29, 0.717) is 25.1 Å². The highest BCUT2D eigenvalue weighted by atomic mass is 19.1. The average Bonchev–Trinajstić information content (AvgIpc) is 2.69. The smallest absolute Gasteiger partial charge is 0.226 e. The van der Waals surface area contributed by atoms with Gasteiger partial charge in [-0.25, -0.2) is 4.39 Å². The number of ether oxygens (including phenoxy) is 1. The van der Waals surface area contributed by atoms with Crippen LogP contribution in [0.4, 0.5) is 4.39 Å². The van der Waals surface area contributed by atoms with Crippen molar-refractivity contribution in [2.24, 2.45) is 5.92 Å². The fraction of sp³-hybridized carbons (Fsp3) is 0.381. The molecule has 0 radical (unpaired) electrons. The Balaban J connectivity index is 1.80. The summed E-state index contributed by atoms with van der Waals surface area (Å²) < 4.78 is 19.4. The Morgan fingerprint density at radius 3 is 2.77 bits per heavy atom. The van der Waals surface area contributed by atoms with Gasteiger partial charge in [-0.2, -0.15) is 0 Å². The maximum atomic E-state index is 13.9. The standard InChI is InChI=1S/C21H25FN2O2/c1-15(13-16-7-3-5-9-18(16)22)21(25)24-12-11-23-14-19(24)17-8-4-6-10-20(17)26-2/h3-10,15,19,23H,11-14H2,1-2H3. The molecule has 138 valence electrons. The summed E-state index contributed by atoms with van der Waals surface area (Å²) in [6.45, 7) is 3.93. The van der Waals surface area contributed by atoms with Crippen LogP contribution >= 0.6 is 0 Å². The van der Waals surface area contributed by atoms with Gasteiger partial charge >= 0.3 is 0 Å². The van der Waals surface area contributed by atoms with Gasteiger partial charge in [-0.1, -0.05) is 43.3 Å². The van der Waals surface area contributed by atoms with Crippen LogP contribution in [0.2, 0.25) is 0 Å². The van der Waals surface area contributed by atoms with Crippen LogP contribution in [-0.4, -0.2) is 37.6 Å². The second kappa shape index (κ2) is 8.32. The van der Waals surface area contributed by atoms with E-state index < -0.39 is 0 Å². The summed E-state index contributed by atoms with van der Waals surface area (Å²) in [6.07, 6.45) is 0.397. The number of nitrogens with one attached hydrogen (secondary N) is 1. The van der Waals surface area contributed by atoms with Gasteiger partial charge < -0.3 is 15.0 Å². The van der Waals surface area contributed by atoms with Gasteiger partial charge in [0.05, 0.1) is 13.2 Å². The van der Waals surface area contributed by atoms with Gasteiger partial charge in [0.2, 0.25) is 5.91 Å². The van der Waals surface area contributed by atoms with Crippen molar-refractivity contribution >= 4 is 5.91 Å². The van der Waals surface area contributed by atoms with Crippen molar-refractivity contribution in [1.29, 1.82) is 0 Å². The minimum atomic E-state index is -0.290. The highest BCUT2D eigenvalue weighted by molar-refractivity contribution is 5.79. The Morgan fingerprint density at radius 1 is 1.27 bits per heavy atom. The molecular weight excluding hydrogens is 331 g/mol. The average molecular weight is 356 g/mol. The molecule has 1 aliphatic heterocycles. The number of rotatable bonds is 5. The number of hydrogen-bond acceptors (Lipinski definition) is 3. The lowest BCUT2D eigenvalue weighted by Crippen LogP contribution is -2.50. The van der Waals surface area contributed by atoms with E-state index >= 15 is 0 Å². The first-order chi connectivity index (χ1) is 12.6. The second-order valence-electron chi connectivity index (χ2n) is 6.69. The molecule has 5 heteroatoms. The molecule has 0 saturated carbocycles. The van der Waals surface area contributed by atoms with E-state index in [1.54, 1.807) is 25.3 Å². The molecule has 2 aromatic rings. The monoisotopic (exact) mass is 356 g/mol. The molecule has 2 aromatic carbocycles. The van der Waals surface area contributed by atoms with Crippen molar-refractivity contribution in [3.05, 3.63) is 65.5 Å². The lowest BCUT2D eigenvalue weighted by Gasteiger charge is -2.38. The Kier molecular flexibility index (Phi) is 5.89. The zero-order valence-corrected chi connectivity index (χ0v) is 15.2. The molecule has 1 heterocycles. The van der Waals surface area contributed by atoms with Crippen molar-refractivity contribution in [3.8, 4) is 5.75 Å². The Morgan fingerprint density at radius 2 is 2.00 bits per heavy atom. The van der Waals surface area contributed by atoms with Gasteiger partial charge in [-0.05, 0) is 24.1 Å². The van der Waals surface area contributed by atoms with Crippen LogP contribution in [0.1, 0.15) is 24.1 Å². The Hall–Kier alpha value is -2.40. The van der Waals surface area contributed by atoms with Crippen LogP contribution in [0.3, 0.4) is 0 Å². The van der Waals surface area contributed by atoms with Crippen LogP contribution in [0, 0.1) is 11.7 Å². The van der Waals surface area contributed by atoms with E-state index in [9.17, 15) is 9.18 Å². The largest absolute Gasteiger partial charge is 0.496 e. The molecule has 2 atom stereocenters. The third kappa shape index (κ3) is 3.88. The van der Waals surface area contributed by atoms with Crippen LogP contribution < -0.4 is 10.1 Å². The quantitative estimate of drug-likeness (QED) is 0.895. The third-order valence-electron chi connectivity index (χ3n) is 4.93. The number of halogens is 1.